The molecule has 6 nitrogen and oxygen atoms in total. The van der Waals surface area contributed by atoms with Crippen LogP contribution in [0.1, 0.15) is 22.8 Å². The molecular formula is C20H21ClF2O6. The lowest BCUT2D eigenvalue weighted by atomic mass is 9.90. The standard InChI is InChI=1S/C20H21ClF2O6/c1-28-13-5-3-9(15(22)16(13)23)6-11-7-10(2-4-12(11)21)20-19(27)18(26)17(25)14(8-24)29-20/h2-5,7,14,17-20,24-27H,6,8H2,1H3/t14-,17-,18+,19-,20+/m1/s1. The molecule has 5 atom stereocenters. The number of rotatable bonds is 5. The highest BCUT2D eigenvalue weighted by Crippen LogP contribution is 2.35. The van der Waals surface area contributed by atoms with Gasteiger partial charge in [0.2, 0.25) is 5.82 Å². The minimum Gasteiger partial charge on any atom is -0.494 e. The summed E-state index contributed by atoms with van der Waals surface area (Å²) in [7, 11) is 1.23. The third kappa shape index (κ3) is 4.23. The lowest BCUT2D eigenvalue weighted by Gasteiger charge is -2.40. The molecule has 1 aliphatic rings. The van der Waals surface area contributed by atoms with Gasteiger partial charge in [-0.3, -0.25) is 0 Å². The van der Waals surface area contributed by atoms with E-state index < -0.39 is 48.8 Å². The first-order valence-corrected chi connectivity index (χ1v) is 9.26. The molecule has 0 amide bonds. The number of aliphatic hydroxyl groups excluding tert-OH is 4. The van der Waals surface area contributed by atoms with Crippen LogP contribution in [0.15, 0.2) is 30.3 Å². The summed E-state index contributed by atoms with van der Waals surface area (Å²) in [6.45, 7) is -0.557. The first-order chi connectivity index (χ1) is 13.8. The molecule has 0 aliphatic carbocycles. The van der Waals surface area contributed by atoms with Gasteiger partial charge in [-0.15, -0.1) is 0 Å². The van der Waals surface area contributed by atoms with Crippen LogP contribution in [0.2, 0.25) is 5.02 Å². The summed E-state index contributed by atoms with van der Waals surface area (Å²) >= 11 is 6.21. The number of hydrogen-bond donors (Lipinski definition) is 4. The lowest BCUT2D eigenvalue weighted by molar-refractivity contribution is -0.231. The maximum absolute atomic E-state index is 14.3. The molecule has 0 aromatic heterocycles. The van der Waals surface area contributed by atoms with Crippen molar-refractivity contribution in [3.05, 3.63) is 63.7 Å². The van der Waals surface area contributed by atoms with Gasteiger partial charge in [-0.1, -0.05) is 29.8 Å². The average molecular weight is 431 g/mol. The summed E-state index contributed by atoms with van der Waals surface area (Å²) in [4.78, 5) is 0. The van der Waals surface area contributed by atoms with Gasteiger partial charge in [-0.2, -0.15) is 4.39 Å². The Hall–Kier alpha value is -1.81. The summed E-state index contributed by atoms with van der Waals surface area (Å²) in [6, 6.07) is 7.28. The highest BCUT2D eigenvalue weighted by Gasteiger charge is 2.44. The molecule has 1 heterocycles. The molecule has 0 saturated carbocycles. The summed E-state index contributed by atoms with van der Waals surface area (Å²) in [5, 5.41) is 39.8. The molecule has 9 heteroatoms. The Bertz CT molecular complexity index is 878. The molecule has 1 saturated heterocycles. The molecule has 1 aliphatic heterocycles. The summed E-state index contributed by atoms with van der Waals surface area (Å²) < 4.78 is 38.6. The van der Waals surface area contributed by atoms with Crippen LogP contribution in [0.5, 0.6) is 5.75 Å². The van der Waals surface area contributed by atoms with Crippen molar-refractivity contribution in [2.45, 2.75) is 36.9 Å². The second-order valence-electron chi connectivity index (χ2n) is 6.83. The number of benzene rings is 2. The van der Waals surface area contributed by atoms with Crippen molar-refractivity contribution in [1.29, 1.82) is 0 Å². The van der Waals surface area contributed by atoms with Crippen molar-refractivity contribution in [3.8, 4) is 5.75 Å². The first kappa shape index (κ1) is 21.9. The normalized spacial score (nSPS) is 27.1. The van der Waals surface area contributed by atoms with Gasteiger partial charge in [0.25, 0.3) is 0 Å². The van der Waals surface area contributed by atoms with Gasteiger partial charge < -0.3 is 29.9 Å². The van der Waals surface area contributed by atoms with Crippen LogP contribution < -0.4 is 4.74 Å². The molecule has 4 N–H and O–H groups in total. The maximum atomic E-state index is 14.3. The SMILES string of the molecule is COc1ccc(Cc2cc([C@@H]3O[C@H](CO)[C@@H](O)[C@H](O)[C@H]3O)ccc2Cl)c(F)c1F. The molecule has 3 rings (SSSR count). The van der Waals surface area contributed by atoms with Gasteiger partial charge >= 0.3 is 0 Å². The quantitative estimate of drug-likeness (QED) is 0.576. The minimum absolute atomic E-state index is 0.0448. The third-order valence-electron chi connectivity index (χ3n) is 5.02. The van der Waals surface area contributed by atoms with Gasteiger partial charge in [0.15, 0.2) is 11.6 Å². The van der Waals surface area contributed by atoms with E-state index in [1.54, 1.807) is 6.07 Å². The van der Waals surface area contributed by atoms with E-state index in [2.05, 4.69) is 0 Å². The molecule has 29 heavy (non-hydrogen) atoms. The van der Waals surface area contributed by atoms with E-state index in [0.717, 1.165) is 0 Å². The summed E-state index contributed by atoms with van der Waals surface area (Å²) in [6.07, 6.45) is -6.63. The van der Waals surface area contributed by atoms with Crippen molar-refractivity contribution >= 4 is 11.6 Å². The zero-order valence-corrected chi connectivity index (χ0v) is 16.2. The van der Waals surface area contributed by atoms with Crippen molar-refractivity contribution in [1.82, 2.24) is 0 Å². The molecule has 1 fully saturated rings. The van der Waals surface area contributed by atoms with E-state index in [-0.39, 0.29) is 22.8 Å². The van der Waals surface area contributed by atoms with E-state index in [0.29, 0.717) is 11.1 Å². The summed E-state index contributed by atoms with van der Waals surface area (Å²) in [5.74, 6) is -2.38. The van der Waals surface area contributed by atoms with Crippen LogP contribution >= 0.6 is 11.6 Å². The van der Waals surface area contributed by atoms with Crippen LogP contribution in [0.4, 0.5) is 8.78 Å². The maximum Gasteiger partial charge on any atom is 0.200 e. The Morgan fingerprint density at radius 1 is 1.00 bits per heavy atom. The smallest absolute Gasteiger partial charge is 0.200 e. The molecule has 0 radical (unpaired) electrons. The Balaban J connectivity index is 1.92. The zero-order chi connectivity index (χ0) is 21.3. The molecule has 0 bridgehead atoms. The van der Waals surface area contributed by atoms with Gasteiger partial charge in [-0.05, 0) is 28.8 Å². The van der Waals surface area contributed by atoms with Crippen LogP contribution in [-0.4, -0.2) is 58.6 Å². The fraction of sp³-hybridized carbons (Fsp3) is 0.400. The van der Waals surface area contributed by atoms with Crippen LogP contribution in [0, 0.1) is 11.6 Å². The van der Waals surface area contributed by atoms with E-state index >= 15 is 0 Å². The van der Waals surface area contributed by atoms with Gasteiger partial charge in [0.1, 0.15) is 30.5 Å². The number of methoxy groups -OCH3 is 1. The van der Waals surface area contributed by atoms with Gasteiger partial charge in [0, 0.05) is 11.4 Å². The highest BCUT2D eigenvalue weighted by atomic mass is 35.5. The van der Waals surface area contributed by atoms with Crippen LogP contribution in [0.3, 0.4) is 0 Å². The highest BCUT2D eigenvalue weighted by molar-refractivity contribution is 6.31. The number of ether oxygens (including phenoxy) is 2. The Morgan fingerprint density at radius 3 is 2.38 bits per heavy atom. The predicted octanol–water partition coefficient (Wildman–Crippen LogP) is 1.73. The van der Waals surface area contributed by atoms with Crippen molar-refractivity contribution in [2.24, 2.45) is 0 Å². The van der Waals surface area contributed by atoms with Crippen LogP contribution in [-0.2, 0) is 11.2 Å². The van der Waals surface area contributed by atoms with E-state index in [1.807, 2.05) is 0 Å². The van der Waals surface area contributed by atoms with Gasteiger partial charge in [-0.25, -0.2) is 4.39 Å². The Labute approximate surface area is 170 Å². The van der Waals surface area contributed by atoms with Crippen molar-refractivity contribution in [3.63, 3.8) is 0 Å². The molecule has 0 unspecified atom stereocenters. The Morgan fingerprint density at radius 2 is 1.72 bits per heavy atom. The van der Waals surface area contributed by atoms with Gasteiger partial charge in [0.05, 0.1) is 13.7 Å². The first-order valence-electron chi connectivity index (χ1n) is 8.88. The Kier molecular flexibility index (Phi) is 6.72. The predicted molar refractivity (Wildman–Crippen MR) is 99.9 cm³/mol. The molecule has 0 spiro atoms. The molecule has 2 aromatic rings. The monoisotopic (exact) mass is 430 g/mol. The lowest BCUT2D eigenvalue weighted by Crippen LogP contribution is -2.55. The molecule has 158 valence electrons. The van der Waals surface area contributed by atoms with Crippen molar-refractivity contribution < 1.29 is 38.7 Å². The number of halogens is 3. The second kappa shape index (κ2) is 8.91. The number of aliphatic hydroxyl groups is 4. The molecule has 2 aromatic carbocycles. The fourth-order valence-electron chi connectivity index (χ4n) is 3.36. The average Bonchev–Trinajstić information content (AvgIpc) is 2.72. The summed E-state index contributed by atoms with van der Waals surface area (Å²) in [5.41, 5.74) is 0.886. The second-order valence-corrected chi connectivity index (χ2v) is 7.24. The third-order valence-corrected chi connectivity index (χ3v) is 5.39. The molecular weight excluding hydrogens is 410 g/mol. The minimum atomic E-state index is -1.53. The van der Waals surface area contributed by atoms with Crippen molar-refractivity contribution in [2.75, 3.05) is 13.7 Å². The zero-order valence-electron chi connectivity index (χ0n) is 15.4. The largest absolute Gasteiger partial charge is 0.494 e. The van der Waals surface area contributed by atoms with Crippen LogP contribution in [0.25, 0.3) is 0 Å². The van der Waals surface area contributed by atoms with E-state index in [4.69, 9.17) is 21.1 Å². The number of hydrogen-bond acceptors (Lipinski definition) is 6. The topological polar surface area (TPSA) is 99.4 Å². The fourth-order valence-corrected chi connectivity index (χ4v) is 3.54. The van der Waals surface area contributed by atoms with E-state index in [1.165, 1.54) is 31.4 Å². The van der Waals surface area contributed by atoms with E-state index in [9.17, 15) is 29.2 Å².